The third-order valence-corrected chi connectivity index (χ3v) is 3.42. The number of amides is 2. The van der Waals surface area contributed by atoms with Crippen molar-refractivity contribution >= 4 is 11.8 Å². The van der Waals surface area contributed by atoms with Crippen LogP contribution in [-0.4, -0.2) is 41.4 Å². The van der Waals surface area contributed by atoms with Gasteiger partial charge in [-0.2, -0.15) is 0 Å². The minimum atomic E-state index is -0.491. The average molecular weight is 255 g/mol. The zero-order valence-corrected chi connectivity index (χ0v) is 11.7. The van der Waals surface area contributed by atoms with Gasteiger partial charge < -0.3 is 16.0 Å². The first-order valence-corrected chi connectivity index (χ1v) is 6.71. The molecule has 5 nitrogen and oxygen atoms in total. The molecule has 1 fully saturated rings. The summed E-state index contributed by atoms with van der Waals surface area (Å²) in [5.74, 6) is -0.266. The summed E-state index contributed by atoms with van der Waals surface area (Å²) in [6.07, 6.45) is 3.06. The van der Waals surface area contributed by atoms with Crippen molar-refractivity contribution in [2.24, 2.45) is 5.73 Å². The Morgan fingerprint density at radius 3 is 2.78 bits per heavy atom. The van der Waals surface area contributed by atoms with Gasteiger partial charge in [0.05, 0.1) is 6.04 Å². The van der Waals surface area contributed by atoms with Gasteiger partial charge in [0.2, 0.25) is 11.8 Å². The smallest absolute Gasteiger partial charge is 0.240 e. The van der Waals surface area contributed by atoms with E-state index in [9.17, 15) is 9.59 Å². The van der Waals surface area contributed by atoms with Gasteiger partial charge in [-0.1, -0.05) is 6.92 Å². The second kappa shape index (κ2) is 6.18. The van der Waals surface area contributed by atoms with Crippen LogP contribution in [0.5, 0.6) is 0 Å². The Hall–Kier alpha value is -1.10. The normalized spacial score (nSPS) is 21.2. The van der Waals surface area contributed by atoms with Crippen LogP contribution in [0.2, 0.25) is 0 Å². The van der Waals surface area contributed by atoms with Gasteiger partial charge in [0, 0.05) is 18.5 Å². The minimum absolute atomic E-state index is 0.0981. The van der Waals surface area contributed by atoms with Gasteiger partial charge in [0.25, 0.3) is 0 Å². The molecule has 104 valence electrons. The fraction of sp³-hybridized carbons (Fsp3) is 0.846. The molecule has 1 saturated heterocycles. The number of rotatable bonds is 6. The van der Waals surface area contributed by atoms with E-state index < -0.39 is 5.54 Å². The maximum absolute atomic E-state index is 12.4. The number of nitrogens with one attached hydrogen (secondary N) is 1. The lowest BCUT2D eigenvalue weighted by Crippen LogP contribution is -2.58. The highest BCUT2D eigenvalue weighted by Gasteiger charge is 2.37. The summed E-state index contributed by atoms with van der Waals surface area (Å²) in [7, 11) is 0. The number of carbonyl (C=O) groups excluding carboxylic acids is 2. The van der Waals surface area contributed by atoms with Crippen LogP contribution in [0.4, 0.5) is 0 Å². The first-order chi connectivity index (χ1) is 8.38. The van der Waals surface area contributed by atoms with Gasteiger partial charge in [0.1, 0.15) is 0 Å². The Kier molecular flexibility index (Phi) is 5.14. The summed E-state index contributed by atoms with van der Waals surface area (Å²) in [6, 6.07) is -0.106. The van der Waals surface area contributed by atoms with Crippen LogP contribution in [0.1, 0.15) is 46.5 Å². The molecule has 3 N–H and O–H groups in total. The number of piperidine rings is 1. The number of hydrogen-bond donors (Lipinski definition) is 2. The lowest BCUT2D eigenvalue weighted by atomic mass is 9.92. The first kappa shape index (κ1) is 15.0. The zero-order valence-electron chi connectivity index (χ0n) is 11.7. The third-order valence-electron chi connectivity index (χ3n) is 3.42. The Bertz CT molecular complexity index is 315. The van der Waals surface area contributed by atoms with Crippen molar-refractivity contribution in [3.8, 4) is 0 Å². The van der Waals surface area contributed by atoms with Crippen LogP contribution < -0.4 is 11.1 Å². The fourth-order valence-electron chi connectivity index (χ4n) is 2.51. The largest absolute Gasteiger partial charge is 0.370 e. The van der Waals surface area contributed by atoms with Crippen molar-refractivity contribution in [3.05, 3.63) is 0 Å². The molecule has 0 radical (unpaired) electrons. The highest BCUT2D eigenvalue weighted by atomic mass is 16.2. The van der Waals surface area contributed by atoms with Gasteiger partial charge in [-0.05, 0) is 39.7 Å². The Morgan fingerprint density at radius 1 is 1.56 bits per heavy atom. The molecule has 1 aliphatic rings. The standard InChI is InChI=1S/C13H25N3O2/c1-4-7-15-10-6-5-8-16(12(10)18)13(2,3)9-11(14)17/h10,15H,4-9H2,1-3H3,(H2,14,17). The van der Waals surface area contributed by atoms with Crippen LogP contribution in [0.15, 0.2) is 0 Å². The van der Waals surface area contributed by atoms with Gasteiger partial charge in [-0.25, -0.2) is 0 Å². The molecule has 1 rings (SSSR count). The van der Waals surface area contributed by atoms with E-state index in [-0.39, 0.29) is 24.3 Å². The Morgan fingerprint density at radius 2 is 2.22 bits per heavy atom. The van der Waals surface area contributed by atoms with E-state index in [0.717, 1.165) is 25.8 Å². The second-order valence-corrected chi connectivity index (χ2v) is 5.59. The summed E-state index contributed by atoms with van der Waals surface area (Å²) >= 11 is 0. The lowest BCUT2D eigenvalue weighted by molar-refractivity contribution is -0.143. The molecule has 2 amide bonds. The molecule has 0 saturated carbocycles. The van der Waals surface area contributed by atoms with Crippen LogP contribution >= 0.6 is 0 Å². The summed E-state index contributed by atoms with van der Waals surface area (Å²) in [5.41, 5.74) is 4.76. The van der Waals surface area contributed by atoms with Crippen molar-refractivity contribution in [2.45, 2.75) is 58.0 Å². The van der Waals surface area contributed by atoms with E-state index in [2.05, 4.69) is 12.2 Å². The number of nitrogens with zero attached hydrogens (tertiary/aromatic N) is 1. The highest BCUT2D eigenvalue weighted by Crippen LogP contribution is 2.24. The van der Waals surface area contributed by atoms with Crippen molar-refractivity contribution in [3.63, 3.8) is 0 Å². The van der Waals surface area contributed by atoms with Crippen LogP contribution in [0.25, 0.3) is 0 Å². The van der Waals surface area contributed by atoms with E-state index in [1.54, 1.807) is 4.90 Å². The van der Waals surface area contributed by atoms with E-state index in [4.69, 9.17) is 5.73 Å². The molecule has 5 heteroatoms. The van der Waals surface area contributed by atoms with E-state index in [1.165, 1.54) is 0 Å². The van der Waals surface area contributed by atoms with Gasteiger partial charge in [-0.15, -0.1) is 0 Å². The number of nitrogens with two attached hydrogens (primary N) is 1. The Balaban J connectivity index is 2.70. The van der Waals surface area contributed by atoms with Gasteiger partial charge in [-0.3, -0.25) is 9.59 Å². The number of hydrogen-bond acceptors (Lipinski definition) is 3. The molecule has 0 aromatic heterocycles. The molecule has 0 bridgehead atoms. The Labute approximate surface area is 109 Å². The molecule has 1 aliphatic heterocycles. The first-order valence-electron chi connectivity index (χ1n) is 6.71. The monoisotopic (exact) mass is 255 g/mol. The van der Waals surface area contributed by atoms with Crippen LogP contribution in [-0.2, 0) is 9.59 Å². The van der Waals surface area contributed by atoms with Crippen molar-refractivity contribution in [2.75, 3.05) is 13.1 Å². The predicted molar refractivity (Wildman–Crippen MR) is 70.9 cm³/mol. The molecule has 0 aromatic rings. The van der Waals surface area contributed by atoms with E-state index >= 15 is 0 Å². The van der Waals surface area contributed by atoms with Crippen molar-refractivity contribution in [1.82, 2.24) is 10.2 Å². The zero-order chi connectivity index (χ0) is 13.8. The molecule has 0 spiro atoms. The predicted octanol–water partition coefficient (Wildman–Crippen LogP) is 0.631. The maximum atomic E-state index is 12.4. The number of primary amides is 1. The lowest BCUT2D eigenvalue weighted by Gasteiger charge is -2.43. The molecule has 1 atom stereocenters. The van der Waals surface area contributed by atoms with Crippen molar-refractivity contribution in [1.29, 1.82) is 0 Å². The highest BCUT2D eigenvalue weighted by molar-refractivity contribution is 5.84. The van der Waals surface area contributed by atoms with E-state index in [0.29, 0.717) is 6.54 Å². The average Bonchev–Trinajstić information content (AvgIpc) is 2.25. The number of carbonyl (C=O) groups is 2. The SMILES string of the molecule is CCCNC1CCCN(C(C)(C)CC(N)=O)C1=O. The minimum Gasteiger partial charge on any atom is -0.370 e. The third kappa shape index (κ3) is 3.70. The molecule has 18 heavy (non-hydrogen) atoms. The summed E-state index contributed by atoms with van der Waals surface area (Å²) < 4.78 is 0. The molecular formula is C13H25N3O2. The van der Waals surface area contributed by atoms with Crippen molar-refractivity contribution < 1.29 is 9.59 Å². The van der Waals surface area contributed by atoms with Crippen LogP contribution in [0.3, 0.4) is 0 Å². The molecular weight excluding hydrogens is 230 g/mol. The number of likely N-dealkylation sites (tertiary alicyclic amines) is 1. The summed E-state index contributed by atoms with van der Waals surface area (Å²) in [4.78, 5) is 25.3. The summed E-state index contributed by atoms with van der Waals surface area (Å²) in [6.45, 7) is 7.44. The maximum Gasteiger partial charge on any atom is 0.240 e. The van der Waals surface area contributed by atoms with Crippen LogP contribution in [0, 0.1) is 0 Å². The topological polar surface area (TPSA) is 75.4 Å². The van der Waals surface area contributed by atoms with Gasteiger partial charge >= 0.3 is 0 Å². The fourth-order valence-corrected chi connectivity index (χ4v) is 2.51. The van der Waals surface area contributed by atoms with Gasteiger partial charge in [0.15, 0.2) is 0 Å². The quantitative estimate of drug-likeness (QED) is 0.731. The molecule has 1 heterocycles. The molecule has 1 unspecified atom stereocenters. The summed E-state index contributed by atoms with van der Waals surface area (Å²) in [5, 5.41) is 3.27. The molecule has 0 aliphatic carbocycles. The second-order valence-electron chi connectivity index (χ2n) is 5.59. The molecule has 0 aromatic carbocycles. The van der Waals surface area contributed by atoms with E-state index in [1.807, 2.05) is 13.8 Å².